The van der Waals surface area contributed by atoms with E-state index in [0.29, 0.717) is 27.2 Å². The molecule has 0 aliphatic rings. The maximum absolute atomic E-state index is 13.9. The number of nitriles is 1. The van der Waals surface area contributed by atoms with E-state index in [1.807, 2.05) is 17.5 Å². The molecule has 0 amide bonds. The number of nitrogens with zero attached hydrogens (tertiary/aromatic N) is 3. The quantitative estimate of drug-likeness (QED) is 0.494. The van der Waals surface area contributed by atoms with E-state index in [0.717, 1.165) is 12.1 Å². The first-order chi connectivity index (χ1) is 12.6. The van der Waals surface area contributed by atoms with Crippen molar-refractivity contribution in [2.45, 2.75) is 0 Å². The van der Waals surface area contributed by atoms with E-state index < -0.39 is 11.6 Å². The fourth-order valence-corrected chi connectivity index (χ4v) is 3.15. The van der Waals surface area contributed by atoms with Gasteiger partial charge in [0, 0.05) is 11.6 Å². The lowest BCUT2D eigenvalue weighted by molar-refractivity contribution is 0.429. The molecule has 0 saturated heterocycles. The zero-order chi connectivity index (χ0) is 18.1. The van der Waals surface area contributed by atoms with Crippen LogP contribution in [0.4, 0.5) is 8.78 Å². The number of halogens is 2. The second-order valence-electron chi connectivity index (χ2n) is 5.35. The maximum Gasteiger partial charge on any atom is 0.241 e. The van der Waals surface area contributed by atoms with Gasteiger partial charge >= 0.3 is 0 Å². The van der Waals surface area contributed by atoms with Gasteiger partial charge in [0.1, 0.15) is 10.5 Å². The van der Waals surface area contributed by atoms with Crippen molar-refractivity contribution in [2.24, 2.45) is 0 Å². The number of benzene rings is 2. The number of rotatable bonds is 3. The van der Waals surface area contributed by atoms with E-state index in [1.165, 1.54) is 17.4 Å². The minimum atomic E-state index is -0.812. The topological polar surface area (TPSA) is 58.8 Å². The van der Waals surface area contributed by atoms with Crippen LogP contribution in [-0.4, -0.2) is 9.97 Å². The smallest absolute Gasteiger partial charge is 0.241 e. The number of aromatic nitrogens is 2. The molecule has 2 aromatic carbocycles. The molecule has 7 heteroatoms. The first-order valence-corrected chi connectivity index (χ1v) is 8.41. The van der Waals surface area contributed by atoms with Gasteiger partial charge in [-0.05, 0) is 47.8 Å². The van der Waals surface area contributed by atoms with E-state index in [1.54, 1.807) is 24.3 Å². The third-order valence-corrected chi connectivity index (χ3v) is 4.54. The standard InChI is InChI=1S/C19H9F2N3OS/c20-13-5-6-16(14(21)9-13)25-19-17-15(7-8-26-17)23-18(24-19)12-3-1-11(10-22)2-4-12/h1-9H. The molecule has 0 saturated carbocycles. The Morgan fingerprint density at radius 2 is 1.81 bits per heavy atom. The SMILES string of the molecule is N#Cc1ccc(-c2nc(Oc3ccc(F)cc3F)c3sccc3n2)cc1. The average Bonchev–Trinajstić information content (AvgIpc) is 3.13. The van der Waals surface area contributed by atoms with E-state index in [2.05, 4.69) is 9.97 Å². The summed E-state index contributed by atoms with van der Waals surface area (Å²) in [6.45, 7) is 0. The molecule has 0 aliphatic heterocycles. The highest BCUT2D eigenvalue weighted by Crippen LogP contribution is 2.34. The Hall–Kier alpha value is -3.37. The first kappa shape index (κ1) is 16.1. The third kappa shape index (κ3) is 2.98. The molecular weight excluding hydrogens is 356 g/mol. The maximum atomic E-state index is 13.9. The zero-order valence-electron chi connectivity index (χ0n) is 13.1. The molecule has 4 aromatic rings. The molecule has 0 N–H and O–H groups in total. The van der Waals surface area contributed by atoms with E-state index in [9.17, 15) is 8.78 Å². The van der Waals surface area contributed by atoms with Crippen LogP contribution in [0.25, 0.3) is 21.6 Å². The van der Waals surface area contributed by atoms with E-state index in [-0.39, 0.29) is 11.6 Å². The Morgan fingerprint density at radius 3 is 2.54 bits per heavy atom. The van der Waals surface area contributed by atoms with Gasteiger partial charge in [-0.3, -0.25) is 0 Å². The van der Waals surface area contributed by atoms with Crippen LogP contribution in [0, 0.1) is 23.0 Å². The lowest BCUT2D eigenvalue weighted by Gasteiger charge is -2.09. The molecule has 126 valence electrons. The minimum absolute atomic E-state index is 0.120. The molecule has 0 radical (unpaired) electrons. The first-order valence-electron chi connectivity index (χ1n) is 7.53. The molecular formula is C19H9F2N3OS. The van der Waals surface area contributed by atoms with Gasteiger partial charge in [0.25, 0.3) is 0 Å². The van der Waals surface area contributed by atoms with Gasteiger partial charge < -0.3 is 4.74 Å². The van der Waals surface area contributed by atoms with Crippen LogP contribution in [0.3, 0.4) is 0 Å². The van der Waals surface area contributed by atoms with Crippen LogP contribution in [0.1, 0.15) is 5.56 Å². The Kier molecular flexibility index (Phi) is 4.03. The second kappa shape index (κ2) is 6.50. The van der Waals surface area contributed by atoms with Crippen molar-refractivity contribution in [2.75, 3.05) is 0 Å². The molecule has 26 heavy (non-hydrogen) atoms. The number of thiophene rings is 1. The second-order valence-corrected chi connectivity index (χ2v) is 6.27. The predicted molar refractivity (Wildman–Crippen MR) is 94.0 cm³/mol. The summed E-state index contributed by atoms with van der Waals surface area (Å²) < 4.78 is 33.3. The van der Waals surface area contributed by atoms with Gasteiger partial charge in [0.15, 0.2) is 17.4 Å². The zero-order valence-corrected chi connectivity index (χ0v) is 13.9. The van der Waals surface area contributed by atoms with Crippen molar-refractivity contribution in [3.05, 3.63) is 71.1 Å². The average molecular weight is 365 g/mol. The highest BCUT2D eigenvalue weighted by atomic mass is 32.1. The molecule has 4 rings (SSSR count). The summed E-state index contributed by atoms with van der Waals surface area (Å²) >= 11 is 1.36. The largest absolute Gasteiger partial charge is 0.434 e. The van der Waals surface area contributed by atoms with Crippen molar-refractivity contribution in [1.82, 2.24) is 9.97 Å². The van der Waals surface area contributed by atoms with E-state index in [4.69, 9.17) is 10.00 Å². The van der Waals surface area contributed by atoms with Crippen LogP contribution in [-0.2, 0) is 0 Å². The van der Waals surface area contributed by atoms with Crippen LogP contribution in [0.5, 0.6) is 11.6 Å². The van der Waals surface area contributed by atoms with E-state index >= 15 is 0 Å². The number of hydrogen-bond acceptors (Lipinski definition) is 5. The highest BCUT2D eigenvalue weighted by Gasteiger charge is 2.15. The van der Waals surface area contributed by atoms with Gasteiger partial charge in [-0.15, -0.1) is 11.3 Å². The van der Waals surface area contributed by atoms with Crippen LogP contribution >= 0.6 is 11.3 Å². The molecule has 4 nitrogen and oxygen atoms in total. The van der Waals surface area contributed by atoms with Crippen LogP contribution < -0.4 is 4.74 Å². The van der Waals surface area contributed by atoms with Gasteiger partial charge in [-0.25, -0.2) is 13.8 Å². The molecule has 2 heterocycles. The fourth-order valence-electron chi connectivity index (χ4n) is 2.39. The summed E-state index contributed by atoms with van der Waals surface area (Å²) in [4.78, 5) is 8.87. The predicted octanol–water partition coefficient (Wildman–Crippen LogP) is 5.30. The van der Waals surface area contributed by atoms with Gasteiger partial charge in [-0.2, -0.15) is 10.2 Å². The Morgan fingerprint density at radius 1 is 1.00 bits per heavy atom. The van der Waals surface area contributed by atoms with Crippen molar-refractivity contribution < 1.29 is 13.5 Å². The lowest BCUT2D eigenvalue weighted by Crippen LogP contribution is -1.96. The van der Waals surface area contributed by atoms with Crippen molar-refractivity contribution in [3.63, 3.8) is 0 Å². The molecule has 0 atom stereocenters. The summed E-state index contributed by atoms with van der Waals surface area (Å²) in [5, 5.41) is 10.7. The summed E-state index contributed by atoms with van der Waals surface area (Å²) in [7, 11) is 0. The summed E-state index contributed by atoms with van der Waals surface area (Å²) in [6.07, 6.45) is 0. The number of fused-ring (bicyclic) bond motifs is 1. The van der Waals surface area contributed by atoms with Gasteiger partial charge in [0.2, 0.25) is 5.88 Å². The van der Waals surface area contributed by atoms with Gasteiger partial charge in [0.05, 0.1) is 17.1 Å². The van der Waals surface area contributed by atoms with Crippen LogP contribution in [0.15, 0.2) is 53.9 Å². The van der Waals surface area contributed by atoms with Crippen molar-refractivity contribution in [3.8, 4) is 29.1 Å². The Balaban J connectivity index is 1.80. The summed E-state index contributed by atoms with van der Waals surface area (Å²) in [5.41, 5.74) is 1.87. The summed E-state index contributed by atoms with van der Waals surface area (Å²) in [6, 6.07) is 13.7. The minimum Gasteiger partial charge on any atom is -0.434 e. The Bertz CT molecular complexity index is 1150. The molecule has 0 unspecified atom stereocenters. The fraction of sp³-hybridized carbons (Fsp3) is 0. The number of hydrogen-bond donors (Lipinski definition) is 0. The monoisotopic (exact) mass is 365 g/mol. The normalized spacial score (nSPS) is 10.7. The van der Waals surface area contributed by atoms with Crippen LogP contribution in [0.2, 0.25) is 0 Å². The third-order valence-electron chi connectivity index (χ3n) is 3.65. The highest BCUT2D eigenvalue weighted by molar-refractivity contribution is 7.17. The molecule has 2 aromatic heterocycles. The van der Waals surface area contributed by atoms with Gasteiger partial charge in [-0.1, -0.05) is 0 Å². The Labute approximate surface area is 151 Å². The molecule has 0 aliphatic carbocycles. The van der Waals surface area contributed by atoms with Crippen molar-refractivity contribution in [1.29, 1.82) is 5.26 Å². The molecule has 0 fully saturated rings. The molecule has 0 spiro atoms. The lowest BCUT2D eigenvalue weighted by atomic mass is 10.1. The summed E-state index contributed by atoms with van der Waals surface area (Å²) in [5.74, 6) is -1.04. The molecule has 0 bridgehead atoms. The van der Waals surface area contributed by atoms with Crippen molar-refractivity contribution >= 4 is 21.6 Å². The number of ether oxygens (including phenoxy) is 1.